The van der Waals surface area contributed by atoms with Crippen molar-refractivity contribution in [3.63, 3.8) is 0 Å². The molecule has 0 saturated carbocycles. The fraction of sp³-hybridized carbons (Fsp3) is 1.00. The molecule has 0 aromatic carbocycles. The van der Waals surface area contributed by atoms with Crippen LogP contribution in [0.1, 0.15) is 34.1 Å². The van der Waals surface area contributed by atoms with Crippen LogP contribution in [-0.4, -0.2) is 57.9 Å². The molecule has 0 unspecified atom stereocenters. The molecular weight excluding hydrogens is 394 g/mol. The Morgan fingerprint density at radius 2 is 1.46 bits per heavy atom. The molecule has 0 aromatic heterocycles. The van der Waals surface area contributed by atoms with E-state index in [1.807, 2.05) is 0 Å². The molecule has 0 spiro atoms. The molecule has 0 N–H and O–H groups in total. The summed E-state index contributed by atoms with van der Waals surface area (Å²) in [5, 5.41) is -1.23. The molecule has 24 heavy (non-hydrogen) atoms. The summed E-state index contributed by atoms with van der Waals surface area (Å²) in [5.41, 5.74) is 0. The molecule has 0 radical (unpaired) electrons. The maximum Gasteiger partial charge on any atom is 1.00 e. The van der Waals surface area contributed by atoms with Crippen molar-refractivity contribution < 1.29 is 68.7 Å². The van der Waals surface area contributed by atoms with Crippen LogP contribution in [0.15, 0.2) is 0 Å². The Kier molecular flexibility index (Phi) is 12.4. The summed E-state index contributed by atoms with van der Waals surface area (Å²) >= 11 is 0. The van der Waals surface area contributed by atoms with Gasteiger partial charge in [-0.15, -0.1) is 0 Å². The molecule has 0 aliphatic rings. The summed E-state index contributed by atoms with van der Waals surface area (Å²) in [4.78, 5) is 0. The minimum atomic E-state index is -4.48. The van der Waals surface area contributed by atoms with Crippen LogP contribution < -0.4 is 29.6 Å². The molecule has 0 amide bonds. The van der Waals surface area contributed by atoms with Gasteiger partial charge in [-0.3, -0.25) is 8.75 Å². The van der Waals surface area contributed by atoms with Gasteiger partial charge in [-0.05, 0) is 34.1 Å². The van der Waals surface area contributed by atoms with Crippen LogP contribution in [0.25, 0.3) is 0 Å². The average molecular weight is 418 g/mol. The smallest absolute Gasteiger partial charge is 0.748 e. The largest absolute Gasteiger partial charge is 1.00 e. The molecule has 140 valence electrons. The van der Waals surface area contributed by atoms with Crippen LogP contribution in [-0.2, 0) is 38.0 Å². The molecule has 0 atom stereocenters. The van der Waals surface area contributed by atoms with Gasteiger partial charge in [0.1, 0.15) is 0 Å². The second-order valence-corrected chi connectivity index (χ2v) is 11.3. The number of hydrogen-bond donors (Lipinski definition) is 0. The van der Waals surface area contributed by atoms with Crippen molar-refractivity contribution in [3.05, 3.63) is 0 Å². The summed E-state index contributed by atoms with van der Waals surface area (Å²) < 4.78 is 82.6. The van der Waals surface area contributed by atoms with E-state index in [0.29, 0.717) is 0 Å². The van der Waals surface area contributed by atoms with Crippen molar-refractivity contribution in [3.8, 4) is 0 Å². The van der Waals surface area contributed by atoms with Gasteiger partial charge in [0, 0.05) is 5.75 Å². The third kappa shape index (κ3) is 10.2. The molecule has 0 fully saturated rings. The van der Waals surface area contributed by atoms with E-state index in [4.69, 9.17) is 13.2 Å². The molecule has 0 bridgehead atoms. The van der Waals surface area contributed by atoms with E-state index in [9.17, 15) is 26.0 Å². The Morgan fingerprint density at radius 3 is 1.83 bits per heavy atom. The fourth-order valence-corrected chi connectivity index (χ4v) is 5.05. The zero-order chi connectivity index (χ0) is 18.4. The zero-order valence-corrected chi connectivity index (χ0v) is 19.2. The van der Waals surface area contributed by atoms with Gasteiger partial charge in [0.25, 0.3) is 10.1 Å². The van der Waals surface area contributed by atoms with E-state index < -0.39 is 51.1 Å². The second-order valence-electron chi connectivity index (χ2n) is 5.28. The molecule has 0 aliphatic heterocycles. The quantitative estimate of drug-likeness (QED) is 0.157. The molecule has 13 heteroatoms. The van der Waals surface area contributed by atoms with E-state index in [1.165, 1.54) is 13.8 Å². The Bertz CT molecular complexity index is 605. The molecule has 0 aromatic rings. The minimum absolute atomic E-state index is 0. The van der Waals surface area contributed by atoms with Crippen molar-refractivity contribution in [1.29, 1.82) is 0 Å². The van der Waals surface area contributed by atoms with Crippen LogP contribution in [0.2, 0.25) is 0 Å². The third-order valence-electron chi connectivity index (χ3n) is 2.72. The van der Waals surface area contributed by atoms with Crippen molar-refractivity contribution in [1.82, 2.24) is 0 Å². The molecule has 0 saturated heterocycles. The summed E-state index contributed by atoms with van der Waals surface area (Å²) in [6.07, 6.45) is -0.372. The Hall–Kier alpha value is 0.970. The topological polar surface area (TPSA) is 136 Å². The first kappa shape index (κ1) is 27.2. The van der Waals surface area contributed by atoms with Crippen LogP contribution >= 0.6 is 7.60 Å². The van der Waals surface area contributed by atoms with Crippen LogP contribution in [0, 0.1) is 0 Å². The van der Waals surface area contributed by atoms with Crippen LogP contribution in [0.3, 0.4) is 0 Å². The summed E-state index contributed by atoms with van der Waals surface area (Å²) in [6, 6.07) is 0. The minimum Gasteiger partial charge on any atom is -0.748 e. The van der Waals surface area contributed by atoms with Gasteiger partial charge < -0.3 is 13.6 Å². The van der Waals surface area contributed by atoms with Crippen molar-refractivity contribution >= 4 is 27.8 Å². The van der Waals surface area contributed by atoms with E-state index in [0.717, 1.165) is 0 Å². The Balaban J connectivity index is 0. The van der Waals surface area contributed by atoms with Crippen molar-refractivity contribution in [2.24, 2.45) is 0 Å². The summed E-state index contributed by atoms with van der Waals surface area (Å²) in [7, 11) is -12.1. The molecule has 9 nitrogen and oxygen atoms in total. The van der Waals surface area contributed by atoms with Gasteiger partial charge in [0.15, 0.2) is 0 Å². The van der Waals surface area contributed by atoms with Gasteiger partial charge in [-0.25, -0.2) is 8.42 Å². The van der Waals surface area contributed by atoms with E-state index in [1.54, 1.807) is 13.8 Å². The van der Waals surface area contributed by atoms with E-state index in [2.05, 4.69) is 0 Å². The molecule has 0 rings (SSSR count). The normalized spacial score (nSPS) is 13.5. The summed E-state index contributed by atoms with van der Waals surface area (Å²) in [6.45, 7) is 6.00. The van der Waals surface area contributed by atoms with Crippen molar-refractivity contribution in [2.45, 2.75) is 39.3 Å². The molecule has 0 heterocycles. The number of rotatable bonds is 12. The zero-order valence-electron chi connectivity index (χ0n) is 14.7. The van der Waals surface area contributed by atoms with Gasteiger partial charge in [0.05, 0.1) is 40.8 Å². The van der Waals surface area contributed by atoms with Crippen LogP contribution in [0.4, 0.5) is 0 Å². The number of hydrogen-bond acceptors (Lipinski definition) is 9. The second kappa shape index (κ2) is 11.0. The van der Waals surface area contributed by atoms with Gasteiger partial charge in [0.2, 0.25) is 0 Å². The maximum absolute atomic E-state index is 12.7. The fourth-order valence-electron chi connectivity index (χ4n) is 1.51. The van der Waals surface area contributed by atoms with E-state index in [-0.39, 0.29) is 49.2 Å². The standard InChI is InChI=1S/C11H25O9PS2.Na/c1-5-18-21(12,19-6-2)11(3,4)10-20-23(16,17)9-7-8-22(13,14)15;/h5-10H2,1-4H3,(H,13,14,15);/q;+1/p-1. The third-order valence-corrected chi connectivity index (χ3v) is 7.58. The van der Waals surface area contributed by atoms with E-state index >= 15 is 0 Å². The van der Waals surface area contributed by atoms with Crippen LogP contribution in [0.5, 0.6) is 0 Å². The predicted molar refractivity (Wildman–Crippen MR) is 83.9 cm³/mol. The van der Waals surface area contributed by atoms with Crippen molar-refractivity contribution in [2.75, 3.05) is 31.3 Å². The summed E-state index contributed by atoms with van der Waals surface area (Å²) in [5.74, 6) is -1.42. The first-order chi connectivity index (χ1) is 10.3. The van der Waals surface area contributed by atoms with Gasteiger partial charge >= 0.3 is 37.2 Å². The first-order valence-corrected chi connectivity index (χ1v) is 11.7. The maximum atomic E-state index is 12.7. The monoisotopic (exact) mass is 418 g/mol. The Morgan fingerprint density at radius 1 is 1.00 bits per heavy atom. The van der Waals surface area contributed by atoms with Gasteiger partial charge in [-0.2, -0.15) is 8.42 Å². The van der Waals surface area contributed by atoms with Gasteiger partial charge in [-0.1, -0.05) is 0 Å². The molecular formula is C11H24NaO9PS2. The molecule has 0 aliphatic carbocycles. The average Bonchev–Trinajstić information content (AvgIpc) is 2.35. The first-order valence-electron chi connectivity index (χ1n) is 6.98. The predicted octanol–water partition coefficient (Wildman–Crippen LogP) is -1.68. The Labute approximate surface area is 166 Å². The SMILES string of the molecule is CCOP(=O)(OCC)C(C)(C)COS(=O)(=O)CCCS(=O)(=O)[O-].[Na+].